The number of ether oxygens (including phenoxy) is 1. The third-order valence-electron chi connectivity index (χ3n) is 7.05. The van der Waals surface area contributed by atoms with Crippen molar-refractivity contribution in [1.82, 2.24) is 10.2 Å². The summed E-state index contributed by atoms with van der Waals surface area (Å²) in [5.74, 6) is -1.13. The van der Waals surface area contributed by atoms with Crippen molar-refractivity contribution in [2.75, 3.05) is 17.5 Å². The lowest BCUT2D eigenvalue weighted by Gasteiger charge is -2.34. The van der Waals surface area contributed by atoms with E-state index in [0.29, 0.717) is 12.4 Å². The SMILES string of the molecule is CCOc1ccc(S(=O)(=O)N(CC(=O)N(Cc2ccccc2F)C(Cc2ccccc2)C(=O)NC(C)C)c2ccccc2)cc1. The Hall–Kier alpha value is -4.70. The zero-order valence-corrected chi connectivity index (χ0v) is 26.4. The van der Waals surface area contributed by atoms with Crippen molar-refractivity contribution in [2.45, 2.75) is 50.7 Å². The highest BCUT2D eigenvalue weighted by molar-refractivity contribution is 7.92. The first-order valence-electron chi connectivity index (χ1n) is 14.8. The van der Waals surface area contributed by atoms with Crippen LogP contribution in [0.3, 0.4) is 0 Å². The number of amides is 2. The number of sulfonamides is 1. The summed E-state index contributed by atoms with van der Waals surface area (Å²) < 4.78 is 49.6. The maximum Gasteiger partial charge on any atom is 0.264 e. The van der Waals surface area contributed by atoms with Gasteiger partial charge in [-0.2, -0.15) is 0 Å². The number of para-hydroxylation sites is 1. The van der Waals surface area contributed by atoms with Crippen LogP contribution in [0.1, 0.15) is 31.9 Å². The standard InChI is InChI=1S/C35H38FN3O5S/c1-4-44-30-19-21-31(22-20-30)45(42,43)39(29-16-9-6-10-17-29)25-34(40)38(24-28-15-11-12-18-32(28)36)33(35(41)37-26(2)3)23-27-13-7-5-8-14-27/h5-22,26,33H,4,23-25H2,1-3H3,(H,37,41). The summed E-state index contributed by atoms with van der Waals surface area (Å²) in [4.78, 5) is 29.3. The van der Waals surface area contributed by atoms with E-state index in [-0.39, 0.29) is 35.2 Å². The molecular weight excluding hydrogens is 593 g/mol. The highest BCUT2D eigenvalue weighted by atomic mass is 32.2. The van der Waals surface area contributed by atoms with E-state index in [1.54, 1.807) is 74.5 Å². The largest absolute Gasteiger partial charge is 0.494 e. The summed E-state index contributed by atoms with van der Waals surface area (Å²) in [5.41, 5.74) is 1.24. The van der Waals surface area contributed by atoms with Crippen LogP contribution in [0, 0.1) is 5.82 Å². The van der Waals surface area contributed by atoms with E-state index < -0.39 is 40.2 Å². The van der Waals surface area contributed by atoms with Gasteiger partial charge in [0.25, 0.3) is 10.0 Å². The normalized spacial score (nSPS) is 11.9. The van der Waals surface area contributed by atoms with E-state index >= 15 is 0 Å². The fraction of sp³-hybridized carbons (Fsp3) is 0.257. The molecule has 0 aliphatic carbocycles. The van der Waals surface area contributed by atoms with Crippen molar-refractivity contribution in [3.8, 4) is 5.75 Å². The van der Waals surface area contributed by atoms with Crippen molar-refractivity contribution in [2.24, 2.45) is 0 Å². The molecule has 2 amide bonds. The van der Waals surface area contributed by atoms with Gasteiger partial charge in [-0.3, -0.25) is 13.9 Å². The molecule has 4 aromatic rings. The van der Waals surface area contributed by atoms with E-state index in [2.05, 4.69) is 5.32 Å². The zero-order chi connectivity index (χ0) is 32.4. The molecule has 1 atom stereocenters. The van der Waals surface area contributed by atoms with Gasteiger partial charge in [-0.1, -0.05) is 66.7 Å². The van der Waals surface area contributed by atoms with Crippen LogP contribution in [-0.4, -0.2) is 50.4 Å². The molecule has 0 fully saturated rings. The first-order chi connectivity index (χ1) is 21.6. The third kappa shape index (κ3) is 8.69. The Bertz CT molecular complexity index is 1670. The molecule has 45 heavy (non-hydrogen) atoms. The highest BCUT2D eigenvalue weighted by Crippen LogP contribution is 2.26. The van der Waals surface area contributed by atoms with Crippen LogP contribution in [0.5, 0.6) is 5.75 Å². The fourth-order valence-corrected chi connectivity index (χ4v) is 6.28. The van der Waals surface area contributed by atoms with Crippen LogP contribution in [0.25, 0.3) is 0 Å². The number of halogens is 1. The molecule has 0 radical (unpaired) electrons. The van der Waals surface area contributed by atoms with E-state index in [4.69, 9.17) is 4.74 Å². The molecule has 10 heteroatoms. The molecule has 4 aromatic carbocycles. The summed E-state index contributed by atoms with van der Waals surface area (Å²) in [7, 11) is -4.26. The van der Waals surface area contributed by atoms with E-state index in [1.807, 2.05) is 37.3 Å². The van der Waals surface area contributed by atoms with Crippen molar-refractivity contribution in [3.05, 3.63) is 126 Å². The van der Waals surface area contributed by atoms with Gasteiger partial charge in [0.2, 0.25) is 11.8 Å². The molecule has 4 rings (SSSR count). The molecule has 1 N–H and O–H groups in total. The number of anilines is 1. The Labute approximate surface area is 264 Å². The van der Waals surface area contributed by atoms with E-state index in [9.17, 15) is 22.4 Å². The fourth-order valence-electron chi connectivity index (χ4n) is 4.87. The first kappa shape index (κ1) is 33.2. The summed E-state index contributed by atoms with van der Waals surface area (Å²) in [5, 5.41) is 2.89. The Morgan fingerprint density at radius 1 is 0.844 bits per heavy atom. The van der Waals surface area contributed by atoms with Gasteiger partial charge in [0.05, 0.1) is 17.2 Å². The molecule has 0 aromatic heterocycles. The highest BCUT2D eigenvalue weighted by Gasteiger charge is 2.35. The van der Waals surface area contributed by atoms with Gasteiger partial charge in [-0.05, 0) is 68.8 Å². The van der Waals surface area contributed by atoms with Crippen molar-refractivity contribution in [3.63, 3.8) is 0 Å². The lowest BCUT2D eigenvalue weighted by atomic mass is 10.0. The smallest absolute Gasteiger partial charge is 0.264 e. The lowest BCUT2D eigenvalue weighted by molar-refractivity contribution is -0.140. The monoisotopic (exact) mass is 631 g/mol. The van der Waals surface area contributed by atoms with Crippen molar-refractivity contribution < 1.29 is 27.1 Å². The number of benzene rings is 4. The lowest BCUT2D eigenvalue weighted by Crippen LogP contribution is -2.54. The Balaban J connectivity index is 1.78. The summed E-state index contributed by atoms with van der Waals surface area (Å²) in [6.07, 6.45) is 0.135. The molecule has 1 unspecified atom stereocenters. The number of nitrogens with one attached hydrogen (secondary N) is 1. The predicted molar refractivity (Wildman–Crippen MR) is 173 cm³/mol. The summed E-state index contributed by atoms with van der Waals surface area (Å²) in [6.45, 7) is 4.98. The Morgan fingerprint density at radius 2 is 1.44 bits per heavy atom. The van der Waals surface area contributed by atoms with Crippen molar-refractivity contribution >= 4 is 27.5 Å². The average Bonchev–Trinajstić information content (AvgIpc) is 3.03. The number of carbonyl (C=O) groups excluding carboxylic acids is 2. The second-order valence-electron chi connectivity index (χ2n) is 10.7. The van der Waals surface area contributed by atoms with Gasteiger partial charge in [-0.15, -0.1) is 0 Å². The van der Waals surface area contributed by atoms with Crippen LogP contribution in [-0.2, 0) is 32.6 Å². The van der Waals surface area contributed by atoms with E-state index in [0.717, 1.165) is 9.87 Å². The van der Waals surface area contributed by atoms with Gasteiger partial charge >= 0.3 is 0 Å². The predicted octanol–water partition coefficient (Wildman–Crippen LogP) is 5.58. The molecule has 0 aliphatic rings. The van der Waals surface area contributed by atoms with Gasteiger partial charge in [0.1, 0.15) is 24.2 Å². The molecule has 0 heterocycles. The Kier molecular flexibility index (Phi) is 11.3. The maximum atomic E-state index is 15.0. The van der Waals surface area contributed by atoms with Crippen LogP contribution in [0.2, 0.25) is 0 Å². The number of carbonyl (C=O) groups is 2. The zero-order valence-electron chi connectivity index (χ0n) is 25.6. The molecule has 0 bridgehead atoms. The Morgan fingerprint density at radius 3 is 2.04 bits per heavy atom. The minimum Gasteiger partial charge on any atom is -0.494 e. The van der Waals surface area contributed by atoms with Gasteiger partial charge in [0.15, 0.2) is 0 Å². The maximum absolute atomic E-state index is 15.0. The first-order valence-corrected chi connectivity index (χ1v) is 16.2. The number of rotatable bonds is 14. The number of hydrogen-bond donors (Lipinski definition) is 1. The molecular formula is C35H38FN3O5S. The van der Waals surface area contributed by atoms with Crippen LogP contribution in [0.4, 0.5) is 10.1 Å². The van der Waals surface area contributed by atoms with Crippen LogP contribution in [0.15, 0.2) is 114 Å². The average molecular weight is 632 g/mol. The molecule has 0 aliphatic heterocycles. The quantitative estimate of drug-likeness (QED) is 0.196. The second-order valence-corrected chi connectivity index (χ2v) is 12.6. The van der Waals surface area contributed by atoms with Crippen molar-refractivity contribution in [1.29, 1.82) is 0 Å². The minimum atomic E-state index is -4.26. The van der Waals surface area contributed by atoms with Crippen LogP contribution < -0.4 is 14.4 Å². The molecule has 0 saturated carbocycles. The second kappa shape index (κ2) is 15.3. The van der Waals surface area contributed by atoms with E-state index in [1.165, 1.54) is 23.1 Å². The van der Waals surface area contributed by atoms with Gasteiger partial charge < -0.3 is 15.0 Å². The third-order valence-corrected chi connectivity index (χ3v) is 8.83. The molecule has 8 nitrogen and oxygen atoms in total. The minimum absolute atomic E-state index is 0.0401. The van der Waals surface area contributed by atoms with Gasteiger partial charge in [-0.25, -0.2) is 12.8 Å². The van der Waals surface area contributed by atoms with Gasteiger partial charge in [0, 0.05) is 24.6 Å². The topological polar surface area (TPSA) is 96.0 Å². The summed E-state index contributed by atoms with van der Waals surface area (Å²) >= 11 is 0. The summed E-state index contributed by atoms with van der Waals surface area (Å²) in [6, 6.07) is 28.1. The molecule has 236 valence electrons. The molecule has 0 saturated heterocycles. The molecule has 0 spiro atoms. The number of nitrogens with zero attached hydrogens (tertiary/aromatic N) is 2. The van der Waals surface area contributed by atoms with Crippen LogP contribution >= 0.6 is 0 Å². The number of hydrogen-bond acceptors (Lipinski definition) is 5.